The van der Waals surface area contributed by atoms with E-state index in [0.717, 1.165) is 28.9 Å². The second-order valence-corrected chi connectivity index (χ2v) is 19.3. The Labute approximate surface area is 385 Å². The number of aryl methyl sites for hydroxylation is 1. The molecule has 1 saturated carbocycles. The fourth-order valence-electron chi connectivity index (χ4n) is 8.58. The number of carbonyl (C=O) groups is 4. The summed E-state index contributed by atoms with van der Waals surface area (Å²) in [5.74, 6) is -0.669. The molecule has 0 radical (unpaired) electrons. The second kappa shape index (κ2) is 19.5. The maximum absolute atomic E-state index is 13.4. The molecule has 2 saturated heterocycles. The summed E-state index contributed by atoms with van der Waals surface area (Å²) >= 11 is 0. The van der Waals surface area contributed by atoms with E-state index in [0.29, 0.717) is 85.7 Å². The topological polar surface area (TPSA) is 243 Å². The van der Waals surface area contributed by atoms with Crippen LogP contribution in [0.15, 0.2) is 64.3 Å². The first-order valence-electron chi connectivity index (χ1n) is 22.4. The number of fused-ring (bicyclic) bond motifs is 2. The molecule has 0 bridgehead atoms. The number of pyridine rings is 2. The van der Waals surface area contributed by atoms with Gasteiger partial charge in [0.1, 0.15) is 28.8 Å². The summed E-state index contributed by atoms with van der Waals surface area (Å²) in [5, 5.41) is 14.1. The fraction of sp³-hybridized carbons (Fsp3) is 0.467. The molecule has 354 valence electrons. The number of hydrogen-bond acceptors (Lipinski definition) is 16. The van der Waals surface area contributed by atoms with Gasteiger partial charge in [0.15, 0.2) is 0 Å². The summed E-state index contributed by atoms with van der Waals surface area (Å²) in [7, 11) is -1.88. The van der Waals surface area contributed by atoms with Crippen LogP contribution in [0.2, 0.25) is 0 Å². The second-order valence-electron chi connectivity index (χ2n) is 17.3. The number of ether oxygens (including phenoxy) is 3. The van der Waals surface area contributed by atoms with E-state index in [2.05, 4.69) is 30.8 Å². The molecule has 21 nitrogen and oxygen atoms in total. The maximum atomic E-state index is 13.4. The molecule has 2 N–H and O–H groups in total. The van der Waals surface area contributed by atoms with Gasteiger partial charge in [-0.25, -0.2) is 13.1 Å². The molecule has 67 heavy (non-hydrogen) atoms. The Balaban J connectivity index is 0.687. The first-order chi connectivity index (χ1) is 32.3. The minimum Gasteiger partial charge on any atom is -0.491 e. The molecular formula is C45H52N10O11S. The normalized spacial score (nSPS) is 19.3. The van der Waals surface area contributed by atoms with Crippen LogP contribution in [-0.4, -0.2) is 141 Å². The van der Waals surface area contributed by atoms with E-state index in [-0.39, 0.29) is 67.7 Å². The van der Waals surface area contributed by atoms with Gasteiger partial charge < -0.3 is 28.5 Å². The Bertz CT molecular complexity index is 2870. The molecule has 1 unspecified atom stereocenters. The lowest BCUT2D eigenvalue weighted by Crippen LogP contribution is -2.54. The zero-order chi connectivity index (χ0) is 46.8. The number of imide groups is 2. The standard InChI is InChI=1S/C45H52N10O11S/c1-28-23-54(13-12-52(28)25-31-20-34-41(66-31)35(26-51(2)43(34)58)32-10-11-46-22-38(32)65-27-29-6-7-29)67(61,62)19-18-64-17-16-63-15-14-53-24-30(49-50-53)21-47-36-5-3-4-33-40(36)45(60)55(44(33)59)37-8-9-39(56)48-42(37)57/h3-5,10-11,20,22,24,26,28-29,37,47H,6-9,12-19,21,23,25,27H2,1-2H3,(H,48,56,57)/t28-,37?/m1/s1. The smallest absolute Gasteiger partial charge is 0.264 e. The summed E-state index contributed by atoms with van der Waals surface area (Å²) in [5.41, 5.74) is 3.13. The molecule has 4 aromatic heterocycles. The molecule has 1 aliphatic carbocycles. The fourth-order valence-corrected chi connectivity index (χ4v) is 9.97. The van der Waals surface area contributed by atoms with Crippen LogP contribution in [0.25, 0.3) is 22.1 Å². The Kier molecular flexibility index (Phi) is 13.3. The summed E-state index contributed by atoms with van der Waals surface area (Å²) in [6.07, 6.45) is 9.27. The molecule has 7 heterocycles. The molecule has 9 rings (SSSR count). The highest BCUT2D eigenvalue weighted by Crippen LogP contribution is 2.37. The quantitative estimate of drug-likeness (QED) is 0.0839. The van der Waals surface area contributed by atoms with Crippen molar-refractivity contribution in [3.63, 3.8) is 0 Å². The number of furan rings is 1. The van der Waals surface area contributed by atoms with E-state index in [1.807, 2.05) is 13.0 Å². The Morgan fingerprint density at radius 2 is 1.76 bits per heavy atom. The zero-order valence-corrected chi connectivity index (χ0v) is 38.0. The minimum absolute atomic E-state index is 0.0140. The SMILES string of the molecule is C[C@@H]1CN(S(=O)(=O)CCOCCOCCn2cc(CNc3cccc4c3C(=O)N(C3CCC(=O)NC3=O)C4=O)nn2)CCN1Cc1cc2c(=O)n(C)cc(-c3ccncc3OCC3CC3)c2o1. The number of benzene rings is 1. The molecule has 3 aliphatic heterocycles. The third-order valence-electron chi connectivity index (χ3n) is 12.5. The van der Waals surface area contributed by atoms with Crippen molar-refractivity contribution in [1.82, 2.24) is 44.0 Å². The van der Waals surface area contributed by atoms with E-state index in [4.69, 9.17) is 18.6 Å². The number of piperazine rings is 1. The molecule has 4 amide bonds. The molecule has 3 fully saturated rings. The van der Waals surface area contributed by atoms with Crippen LogP contribution in [0.1, 0.15) is 64.8 Å². The predicted octanol–water partition coefficient (Wildman–Crippen LogP) is 2.16. The molecule has 4 aliphatic rings. The maximum Gasteiger partial charge on any atom is 0.264 e. The zero-order valence-electron chi connectivity index (χ0n) is 37.2. The van der Waals surface area contributed by atoms with Gasteiger partial charge in [-0.3, -0.25) is 44.1 Å². The van der Waals surface area contributed by atoms with Gasteiger partial charge in [0.05, 0.1) is 87.3 Å². The van der Waals surface area contributed by atoms with Crippen molar-refractivity contribution in [3.05, 3.63) is 88.1 Å². The van der Waals surface area contributed by atoms with Crippen LogP contribution in [0.5, 0.6) is 5.75 Å². The van der Waals surface area contributed by atoms with Crippen molar-refractivity contribution in [2.45, 2.75) is 64.3 Å². The molecular weight excluding hydrogens is 889 g/mol. The third-order valence-corrected chi connectivity index (χ3v) is 14.3. The molecule has 1 aromatic carbocycles. The van der Waals surface area contributed by atoms with Gasteiger partial charge in [-0.15, -0.1) is 5.10 Å². The number of anilines is 1. The van der Waals surface area contributed by atoms with Crippen LogP contribution in [0.3, 0.4) is 0 Å². The van der Waals surface area contributed by atoms with Crippen molar-refractivity contribution >= 4 is 50.3 Å². The lowest BCUT2D eigenvalue weighted by atomic mass is 10.0. The highest BCUT2D eigenvalue weighted by Gasteiger charge is 2.45. The minimum atomic E-state index is -3.59. The van der Waals surface area contributed by atoms with Crippen LogP contribution >= 0.6 is 0 Å². The predicted molar refractivity (Wildman–Crippen MR) is 240 cm³/mol. The van der Waals surface area contributed by atoms with E-state index < -0.39 is 39.7 Å². The number of amides is 4. The Morgan fingerprint density at radius 3 is 2.55 bits per heavy atom. The lowest BCUT2D eigenvalue weighted by Gasteiger charge is -2.38. The molecule has 2 atom stereocenters. The van der Waals surface area contributed by atoms with Crippen molar-refractivity contribution in [3.8, 4) is 16.9 Å². The van der Waals surface area contributed by atoms with Crippen LogP contribution in [0, 0.1) is 5.92 Å². The highest BCUT2D eigenvalue weighted by molar-refractivity contribution is 7.89. The number of carbonyl (C=O) groups excluding carboxylic acids is 4. The third kappa shape index (κ3) is 10.0. The van der Waals surface area contributed by atoms with Crippen molar-refractivity contribution in [1.29, 1.82) is 0 Å². The van der Waals surface area contributed by atoms with Crippen molar-refractivity contribution in [2.75, 3.05) is 63.7 Å². The first-order valence-corrected chi connectivity index (χ1v) is 24.0. The monoisotopic (exact) mass is 940 g/mol. The molecule has 5 aromatic rings. The molecule has 22 heteroatoms. The van der Waals surface area contributed by atoms with E-state index >= 15 is 0 Å². The average Bonchev–Trinajstić information content (AvgIpc) is 3.77. The summed E-state index contributed by atoms with van der Waals surface area (Å²) in [6, 6.07) is 7.30. The largest absolute Gasteiger partial charge is 0.491 e. The van der Waals surface area contributed by atoms with Gasteiger partial charge in [-0.1, -0.05) is 11.3 Å². The summed E-state index contributed by atoms with van der Waals surface area (Å²) < 4.78 is 55.1. The lowest BCUT2D eigenvalue weighted by molar-refractivity contribution is -0.136. The number of nitrogens with zero attached hydrogens (tertiary/aromatic N) is 8. The van der Waals surface area contributed by atoms with Crippen molar-refractivity contribution in [2.24, 2.45) is 13.0 Å². The number of piperidine rings is 1. The first kappa shape index (κ1) is 45.8. The van der Waals surface area contributed by atoms with Crippen LogP contribution in [0.4, 0.5) is 5.69 Å². The highest BCUT2D eigenvalue weighted by atomic mass is 32.2. The van der Waals surface area contributed by atoms with Crippen LogP contribution < -0.4 is 20.9 Å². The van der Waals surface area contributed by atoms with Gasteiger partial charge in [-0.2, -0.15) is 4.31 Å². The average molecular weight is 941 g/mol. The van der Waals surface area contributed by atoms with E-state index in [1.54, 1.807) is 59.3 Å². The molecule has 0 spiro atoms. The number of hydrogen-bond donors (Lipinski definition) is 2. The van der Waals surface area contributed by atoms with Gasteiger partial charge in [0.2, 0.25) is 21.8 Å². The van der Waals surface area contributed by atoms with Crippen LogP contribution in [-0.2, 0) is 55.8 Å². The summed E-state index contributed by atoms with van der Waals surface area (Å²) in [4.78, 5) is 71.1. The number of rotatable bonds is 20. The number of aromatic nitrogens is 5. The van der Waals surface area contributed by atoms with E-state index in [1.165, 1.54) is 10.4 Å². The Morgan fingerprint density at radius 1 is 0.940 bits per heavy atom. The number of sulfonamides is 1. The summed E-state index contributed by atoms with van der Waals surface area (Å²) in [6.45, 7) is 5.44. The van der Waals surface area contributed by atoms with E-state index in [9.17, 15) is 32.4 Å². The van der Waals surface area contributed by atoms with Gasteiger partial charge >= 0.3 is 0 Å². The van der Waals surface area contributed by atoms with Crippen molar-refractivity contribution < 1.29 is 46.2 Å². The van der Waals surface area contributed by atoms with Gasteiger partial charge in [-0.05, 0) is 56.4 Å². The van der Waals surface area contributed by atoms with Gasteiger partial charge in [0, 0.05) is 68.4 Å². The van der Waals surface area contributed by atoms with Gasteiger partial charge in [0.25, 0.3) is 17.4 Å². The number of nitrogens with one attached hydrogen (secondary N) is 2. The Hall–Kier alpha value is -6.33.